The average Bonchev–Trinajstić information content (AvgIpc) is 2.85. The third-order valence-electron chi connectivity index (χ3n) is 7.04. The van der Waals surface area contributed by atoms with E-state index >= 15 is 0 Å². The Hall–Kier alpha value is -2.53. The first-order valence-electron chi connectivity index (χ1n) is 11.6. The van der Waals surface area contributed by atoms with E-state index in [2.05, 4.69) is 0 Å². The Morgan fingerprint density at radius 1 is 0.818 bits per heavy atom. The van der Waals surface area contributed by atoms with Gasteiger partial charge in [-0.05, 0) is 84.4 Å². The zero-order valence-electron chi connectivity index (χ0n) is 19.2. The molecule has 0 radical (unpaired) electrons. The summed E-state index contributed by atoms with van der Waals surface area (Å²) < 4.78 is 54.2. The fourth-order valence-electron chi connectivity index (χ4n) is 4.96. The molecule has 0 aromatic heterocycles. The second kappa shape index (κ2) is 10.6. The number of rotatable bonds is 7. The van der Waals surface area contributed by atoms with Crippen LogP contribution in [0.25, 0.3) is 11.1 Å². The lowest BCUT2D eigenvalue weighted by Crippen LogP contribution is -2.31. The van der Waals surface area contributed by atoms with Crippen molar-refractivity contribution in [1.29, 1.82) is 0 Å². The number of hydrogen-bond acceptors (Lipinski definition) is 2. The maximum absolute atomic E-state index is 15.0. The monoisotopic (exact) mass is 456 g/mol. The predicted octanol–water partition coefficient (Wildman–Crippen LogP) is 7.18. The molecule has 4 rings (SSSR count). The summed E-state index contributed by atoms with van der Waals surface area (Å²) in [5.74, 6) is -0.0852. The van der Waals surface area contributed by atoms with E-state index in [-0.39, 0.29) is 17.8 Å². The minimum Gasteiger partial charge on any atom is -0.494 e. The standard InChI is InChI=1S/C28H31F3O2/c1-32-23-13-9-20(10-14-23)24-15-11-21(27(30)28(24)31)8-5-18-3-6-19(7-4-18)22-12-16-26(33-2)25(29)17-22/h3-4,6-7,11-12,15-17,20,23,27-28H,5,8-10,13-14H2,1-2H3. The van der Waals surface area contributed by atoms with E-state index in [1.807, 2.05) is 36.4 Å². The van der Waals surface area contributed by atoms with Crippen LogP contribution in [0.3, 0.4) is 0 Å². The van der Waals surface area contributed by atoms with Crippen molar-refractivity contribution >= 4 is 0 Å². The Kier molecular flexibility index (Phi) is 7.59. The molecule has 0 bridgehead atoms. The molecule has 0 N–H and O–H groups in total. The molecule has 0 saturated heterocycles. The largest absolute Gasteiger partial charge is 0.494 e. The molecule has 2 aliphatic carbocycles. The lowest BCUT2D eigenvalue weighted by molar-refractivity contribution is 0.0581. The summed E-state index contributed by atoms with van der Waals surface area (Å²) in [6.07, 6.45) is 5.31. The van der Waals surface area contributed by atoms with Crippen LogP contribution in [0.4, 0.5) is 13.2 Å². The molecule has 2 aromatic rings. The molecule has 0 amide bonds. The van der Waals surface area contributed by atoms with Crippen LogP contribution < -0.4 is 4.74 Å². The number of methoxy groups -OCH3 is 2. The predicted molar refractivity (Wildman–Crippen MR) is 125 cm³/mol. The van der Waals surface area contributed by atoms with E-state index < -0.39 is 18.2 Å². The van der Waals surface area contributed by atoms with Gasteiger partial charge in [-0.3, -0.25) is 0 Å². The Morgan fingerprint density at radius 3 is 2.15 bits per heavy atom. The normalized spacial score (nSPS) is 25.4. The van der Waals surface area contributed by atoms with E-state index in [9.17, 15) is 13.2 Å². The highest BCUT2D eigenvalue weighted by Crippen LogP contribution is 2.39. The third kappa shape index (κ3) is 5.35. The highest BCUT2D eigenvalue weighted by atomic mass is 19.2. The zero-order valence-corrected chi connectivity index (χ0v) is 19.2. The van der Waals surface area contributed by atoms with Gasteiger partial charge in [-0.15, -0.1) is 0 Å². The molecule has 0 heterocycles. The Bertz CT molecular complexity index is 1000. The molecule has 0 aliphatic heterocycles. The van der Waals surface area contributed by atoms with Crippen LogP contribution in [0.15, 0.2) is 65.8 Å². The maximum Gasteiger partial charge on any atom is 0.165 e. The fraction of sp³-hybridized carbons (Fsp3) is 0.429. The number of aryl methyl sites for hydroxylation is 1. The molecule has 1 saturated carbocycles. The van der Waals surface area contributed by atoms with Crippen molar-refractivity contribution in [3.8, 4) is 16.9 Å². The number of alkyl halides is 2. The van der Waals surface area contributed by atoms with Gasteiger partial charge in [0, 0.05) is 7.11 Å². The molecule has 5 heteroatoms. The van der Waals surface area contributed by atoms with Gasteiger partial charge < -0.3 is 9.47 Å². The Morgan fingerprint density at radius 2 is 1.52 bits per heavy atom. The smallest absolute Gasteiger partial charge is 0.165 e. The number of hydrogen-bond donors (Lipinski definition) is 0. The molecular formula is C28H31F3O2. The SMILES string of the molecule is COc1ccc(-c2ccc(CCC3=CC=C(C4CCC(OC)CC4)C(F)C3F)cc2)cc1F. The Balaban J connectivity index is 1.38. The van der Waals surface area contributed by atoms with Crippen molar-refractivity contribution in [2.24, 2.45) is 5.92 Å². The zero-order chi connectivity index (χ0) is 23.4. The second-order valence-corrected chi connectivity index (χ2v) is 8.97. The van der Waals surface area contributed by atoms with Gasteiger partial charge in [0.1, 0.15) is 0 Å². The summed E-state index contributed by atoms with van der Waals surface area (Å²) in [6, 6.07) is 12.6. The summed E-state index contributed by atoms with van der Waals surface area (Å²) in [7, 11) is 3.15. The van der Waals surface area contributed by atoms with Crippen LogP contribution in [0.2, 0.25) is 0 Å². The summed E-state index contributed by atoms with van der Waals surface area (Å²) in [5, 5.41) is 0. The maximum atomic E-state index is 15.0. The van der Waals surface area contributed by atoms with E-state index in [0.717, 1.165) is 42.4 Å². The van der Waals surface area contributed by atoms with Gasteiger partial charge in [-0.25, -0.2) is 13.2 Å². The van der Waals surface area contributed by atoms with Crippen molar-refractivity contribution in [1.82, 2.24) is 0 Å². The van der Waals surface area contributed by atoms with Crippen molar-refractivity contribution in [3.63, 3.8) is 0 Å². The minimum absolute atomic E-state index is 0.109. The number of benzene rings is 2. The van der Waals surface area contributed by atoms with Gasteiger partial charge in [0.15, 0.2) is 23.9 Å². The molecule has 2 aliphatic rings. The lowest BCUT2D eigenvalue weighted by atomic mass is 9.77. The van der Waals surface area contributed by atoms with Crippen LogP contribution in [0.5, 0.6) is 5.75 Å². The molecule has 176 valence electrons. The highest BCUT2D eigenvalue weighted by Gasteiger charge is 2.35. The summed E-state index contributed by atoms with van der Waals surface area (Å²) >= 11 is 0. The van der Waals surface area contributed by atoms with Crippen molar-refractivity contribution in [2.75, 3.05) is 14.2 Å². The molecule has 1 fully saturated rings. The summed E-state index contributed by atoms with van der Waals surface area (Å²) in [5.41, 5.74) is 3.80. The lowest BCUT2D eigenvalue weighted by Gasteiger charge is -2.33. The first kappa shape index (κ1) is 23.6. The van der Waals surface area contributed by atoms with E-state index in [1.54, 1.807) is 19.3 Å². The van der Waals surface area contributed by atoms with Gasteiger partial charge >= 0.3 is 0 Å². The van der Waals surface area contributed by atoms with Gasteiger partial charge in [-0.1, -0.05) is 42.5 Å². The minimum atomic E-state index is -1.58. The van der Waals surface area contributed by atoms with Gasteiger partial charge in [-0.2, -0.15) is 0 Å². The molecule has 2 aromatic carbocycles. The first-order valence-corrected chi connectivity index (χ1v) is 11.6. The van der Waals surface area contributed by atoms with Crippen molar-refractivity contribution < 1.29 is 22.6 Å². The van der Waals surface area contributed by atoms with Gasteiger partial charge in [0.2, 0.25) is 0 Å². The Labute approximate surface area is 194 Å². The highest BCUT2D eigenvalue weighted by molar-refractivity contribution is 5.64. The number of ether oxygens (including phenoxy) is 2. The summed E-state index contributed by atoms with van der Waals surface area (Å²) in [4.78, 5) is 0. The fourth-order valence-corrected chi connectivity index (χ4v) is 4.96. The van der Waals surface area contributed by atoms with Crippen LogP contribution >= 0.6 is 0 Å². The van der Waals surface area contributed by atoms with Crippen molar-refractivity contribution in [2.45, 2.75) is 57.0 Å². The third-order valence-corrected chi connectivity index (χ3v) is 7.04. The first-order chi connectivity index (χ1) is 16.0. The molecular weight excluding hydrogens is 425 g/mol. The van der Waals surface area contributed by atoms with Gasteiger partial charge in [0.25, 0.3) is 0 Å². The van der Waals surface area contributed by atoms with Crippen LogP contribution in [0.1, 0.15) is 37.7 Å². The summed E-state index contributed by atoms with van der Waals surface area (Å²) in [6.45, 7) is 0. The van der Waals surface area contributed by atoms with Gasteiger partial charge in [0.05, 0.1) is 13.2 Å². The molecule has 0 spiro atoms. The topological polar surface area (TPSA) is 18.5 Å². The average molecular weight is 457 g/mol. The van der Waals surface area contributed by atoms with E-state index in [1.165, 1.54) is 13.2 Å². The molecule has 2 unspecified atom stereocenters. The second-order valence-electron chi connectivity index (χ2n) is 8.97. The van der Waals surface area contributed by atoms with Crippen LogP contribution in [-0.2, 0) is 11.2 Å². The van der Waals surface area contributed by atoms with Crippen LogP contribution in [-0.4, -0.2) is 32.7 Å². The van der Waals surface area contributed by atoms with Crippen LogP contribution in [0, 0.1) is 11.7 Å². The number of halogens is 3. The van der Waals surface area contributed by atoms with E-state index in [0.29, 0.717) is 24.0 Å². The number of allylic oxidation sites excluding steroid dienone is 4. The van der Waals surface area contributed by atoms with E-state index in [4.69, 9.17) is 9.47 Å². The van der Waals surface area contributed by atoms with Crippen molar-refractivity contribution in [3.05, 3.63) is 77.1 Å². The molecule has 33 heavy (non-hydrogen) atoms. The quantitative estimate of drug-likeness (QED) is 0.439. The molecule has 2 atom stereocenters. The molecule has 2 nitrogen and oxygen atoms in total.